The summed E-state index contributed by atoms with van der Waals surface area (Å²) in [5.41, 5.74) is 4.66. The molecule has 170 valence electrons. The van der Waals surface area contributed by atoms with Gasteiger partial charge in [0.15, 0.2) is 20.6 Å². The molecule has 33 heavy (non-hydrogen) atoms. The zero-order valence-corrected chi connectivity index (χ0v) is 20.0. The molecule has 0 bridgehead atoms. The average molecular weight is 482 g/mol. The molecule has 0 spiro atoms. The van der Waals surface area contributed by atoms with Crippen LogP contribution in [0.25, 0.3) is 21.3 Å². The highest BCUT2D eigenvalue weighted by atomic mass is 32.2. The first-order chi connectivity index (χ1) is 15.8. The van der Waals surface area contributed by atoms with Crippen molar-refractivity contribution in [2.75, 3.05) is 16.8 Å². The van der Waals surface area contributed by atoms with Gasteiger partial charge in [0.2, 0.25) is 0 Å². The van der Waals surface area contributed by atoms with Crippen molar-refractivity contribution >= 4 is 53.5 Å². The summed E-state index contributed by atoms with van der Waals surface area (Å²) in [6, 6.07) is 7.63. The third-order valence-corrected chi connectivity index (χ3v) is 9.10. The van der Waals surface area contributed by atoms with Crippen LogP contribution in [0.5, 0.6) is 0 Å². The highest BCUT2D eigenvalue weighted by molar-refractivity contribution is 7.91. The number of rotatable bonds is 4. The van der Waals surface area contributed by atoms with Crippen molar-refractivity contribution in [1.82, 2.24) is 19.7 Å². The smallest absolute Gasteiger partial charge is 0.258 e. The van der Waals surface area contributed by atoms with E-state index in [4.69, 9.17) is 4.98 Å². The average Bonchev–Trinajstić information content (AvgIpc) is 3.34. The lowest BCUT2D eigenvalue weighted by molar-refractivity contribution is 0.102. The van der Waals surface area contributed by atoms with Crippen LogP contribution in [0.15, 0.2) is 24.3 Å². The maximum Gasteiger partial charge on any atom is 0.258 e. The number of aryl methyl sites for hydroxylation is 2. The van der Waals surface area contributed by atoms with Gasteiger partial charge in [-0.3, -0.25) is 10.1 Å². The molecule has 1 saturated heterocycles. The molecule has 1 unspecified atom stereocenters. The minimum Gasteiger partial charge on any atom is -0.298 e. The van der Waals surface area contributed by atoms with E-state index in [9.17, 15) is 13.2 Å². The highest BCUT2D eigenvalue weighted by Gasteiger charge is 2.34. The summed E-state index contributed by atoms with van der Waals surface area (Å²) >= 11 is 1.45. The molecule has 1 N–H and O–H groups in total. The lowest BCUT2D eigenvalue weighted by atomic mass is 10.1. The maximum atomic E-state index is 13.4. The molecule has 3 aromatic heterocycles. The molecule has 10 heteroatoms. The van der Waals surface area contributed by atoms with Crippen LogP contribution in [0.4, 0.5) is 5.13 Å². The number of hydrogen-bond acceptors (Lipinski definition) is 7. The first-order valence-corrected chi connectivity index (χ1v) is 13.7. The number of nitrogens with zero attached hydrogens (tertiary/aromatic N) is 4. The Balaban J connectivity index is 1.43. The van der Waals surface area contributed by atoms with Crippen molar-refractivity contribution in [2.45, 2.75) is 45.1 Å². The number of nitrogens with one attached hydrogen (secondary N) is 1. The summed E-state index contributed by atoms with van der Waals surface area (Å²) < 4.78 is 26.9. The van der Waals surface area contributed by atoms with Crippen molar-refractivity contribution < 1.29 is 13.2 Å². The summed E-state index contributed by atoms with van der Waals surface area (Å²) in [5.74, 6) is 0.305. The van der Waals surface area contributed by atoms with Gasteiger partial charge >= 0.3 is 0 Å². The third-order valence-electron chi connectivity index (χ3n) is 6.42. The van der Waals surface area contributed by atoms with E-state index in [0.29, 0.717) is 39.8 Å². The fourth-order valence-electron chi connectivity index (χ4n) is 4.57. The van der Waals surface area contributed by atoms with Crippen LogP contribution < -0.4 is 5.32 Å². The Kier molecular flexibility index (Phi) is 4.60. The molecule has 1 aromatic carbocycles. The van der Waals surface area contributed by atoms with Gasteiger partial charge in [-0.25, -0.2) is 23.1 Å². The number of hydrogen-bond donors (Lipinski definition) is 1. The Bertz CT molecular complexity index is 1550. The summed E-state index contributed by atoms with van der Waals surface area (Å²) in [7, 11) is -3.07. The van der Waals surface area contributed by atoms with E-state index in [1.54, 1.807) is 4.68 Å². The fourth-order valence-corrected chi connectivity index (χ4v) is 7.22. The van der Waals surface area contributed by atoms with E-state index in [1.165, 1.54) is 11.3 Å². The number of amides is 1. The van der Waals surface area contributed by atoms with Gasteiger partial charge in [0.25, 0.3) is 5.91 Å². The standard InChI is InChI=1S/C23H23N5O3S2/c1-12-3-6-17-19(9-12)32-23(25-17)26-22(29)16-10-18(14-4-5-14)24-21-20(16)13(2)27-28(21)15-7-8-33(30,31)11-15/h3,6,9-10,14-15H,4-5,7-8,11H2,1-2H3,(H,25,26,29). The van der Waals surface area contributed by atoms with Gasteiger partial charge in [0.05, 0.1) is 44.4 Å². The van der Waals surface area contributed by atoms with Crippen LogP contribution >= 0.6 is 11.3 Å². The SMILES string of the molecule is Cc1ccc2nc(NC(=O)c3cc(C4CC4)nc4c3c(C)nn4C3CCS(=O)(=O)C3)sc2c1. The number of benzene rings is 1. The van der Waals surface area contributed by atoms with Gasteiger partial charge in [0, 0.05) is 11.6 Å². The largest absolute Gasteiger partial charge is 0.298 e. The molecular weight excluding hydrogens is 458 g/mol. The molecule has 0 radical (unpaired) electrons. The van der Waals surface area contributed by atoms with E-state index in [2.05, 4.69) is 21.5 Å². The lowest BCUT2D eigenvalue weighted by Crippen LogP contribution is -2.15. The number of carbonyl (C=O) groups excluding carboxylic acids is 1. The molecule has 2 aliphatic rings. The van der Waals surface area contributed by atoms with Gasteiger partial charge in [0.1, 0.15) is 0 Å². The van der Waals surface area contributed by atoms with Gasteiger partial charge in [-0.1, -0.05) is 17.4 Å². The first-order valence-electron chi connectivity index (χ1n) is 11.1. The second-order valence-corrected chi connectivity index (χ2v) is 12.4. The molecule has 4 aromatic rings. The third kappa shape index (κ3) is 3.71. The number of aromatic nitrogens is 4. The zero-order valence-electron chi connectivity index (χ0n) is 18.3. The Hall–Kier alpha value is -2.85. The normalized spacial score (nSPS) is 20.0. The van der Waals surface area contributed by atoms with E-state index in [1.807, 2.05) is 32.0 Å². The summed E-state index contributed by atoms with van der Waals surface area (Å²) in [6.45, 7) is 3.87. The molecule has 1 amide bonds. The summed E-state index contributed by atoms with van der Waals surface area (Å²) in [4.78, 5) is 22.9. The Morgan fingerprint density at radius 3 is 2.70 bits per heavy atom. The second kappa shape index (κ2) is 7.33. The maximum absolute atomic E-state index is 13.4. The lowest BCUT2D eigenvalue weighted by Gasteiger charge is -2.11. The number of fused-ring (bicyclic) bond motifs is 2. The van der Waals surface area contributed by atoms with Crippen LogP contribution in [0.1, 0.15) is 58.5 Å². The van der Waals surface area contributed by atoms with Crippen LogP contribution in [0.3, 0.4) is 0 Å². The first kappa shape index (κ1) is 20.7. The van der Waals surface area contributed by atoms with E-state index in [0.717, 1.165) is 34.3 Å². The minimum atomic E-state index is -3.07. The minimum absolute atomic E-state index is 0.0607. The number of anilines is 1. The van der Waals surface area contributed by atoms with Crippen molar-refractivity contribution in [3.8, 4) is 0 Å². The quantitative estimate of drug-likeness (QED) is 0.469. The topological polar surface area (TPSA) is 107 Å². The van der Waals surface area contributed by atoms with Gasteiger partial charge in [-0.15, -0.1) is 0 Å². The Morgan fingerprint density at radius 2 is 1.97 bits per heavy atom. The monoisotopic (exact) mass is 481 g/mol. The highest BCUT2D eigenvalue weighted by Crippen LogP contribution is 2.41. The zero-order chi connectivity index (χ0) is 22.9. The molecule has 4 heterocycles. The molecular formula is C23H23N5O3S2. The fraction of sp³-hybridized carbons (Fsp3) is 0.391. The molecule has 1 atom stereocenters. The van der Waals surface area contributed by atoms with Gasteiger partial charge < -0.3 is 0 Å². The molecule has 6 rings (SSSR count). The predicted octanol–water partition coefficient (Wildman–Crippen LogP) is 4.15. The number of thiazole rings is 1. The van der Waals surface area contributed by atoms with E-state index < -0.39 is 9.84 Å². The van der Waals surface area contributed by atoms with Crippen molar-refractivity contribution in [3.63, 3.8) is 0 Å². The van der Waals surface area contributed by atoms with Crippen molar-refractivity contribution in [3.05, 3.63) is 46.8 Å². The van der Waals surface area contributed by atoms with E-state index >= 15 is 0 Å². The van der Waals surface area contributed by atoms with Crippen LogP contribution in [0.2, 0.25) is 0 Å². The second-order valence-electron chi connectivity index (χ2n) is 9.10. The summed E-state index contributed by atoms with van der Waals surface area (Å²) in [5, 5.41) is 8.85. The van der Waals surface area contributed by atoms with Crippen LogP contribution in [0, 0.1) is 13.8 Å². The Labute approximate surface area is 195 Å². The Morgan fingerprint density at radius 1 is 1.15 bits per heavy atom. The molecule has 8 nitrogen and oxygen atoms in total. The van der Waals surface area contributed by atoms with Gasteiger partial charge in [-0.05, 0) is 56.9 Å². The molecule has 1 aliphatic heterocycles. The molecule has 1 saturated carbocycles. The number of sulfone groups is 1. The number of pyridine rings is 1. The molecule has 2 fully saturated rings. The summed E-state index contributed by atoms with van der Waals surface area (Å²) in [6.07, 6.45) is 2.60. The predicted molar refractivity (Wildman–Crippen MR) is 129 cm³/mol. The van der Waals surface area contributed by atoms with Crippen LogP contribution in [-0.4, -0.2) is 45.6 Å². The van der Waals surface area contributed by atoms with Crippen molar-refractivity contribution in [1.29, 1.82) is 0 Å². The van der Waals surface area contributed by atoms with Gasteiger partial charge in [-0.2, -0.15) is 5.10 Å². The van der Waals surface area contributed by atoms with E-state index in [-0.39, 0.29) is 23.5 Å². The van der Waals surface area contributed by atoms with Crippen molar-refractivity contribution in [2.24, 2.45) is 0 Å². The molecule has 1 aliphatic carbocycles. The number of carbonyl (C=O) groups is 1. The van der Waals surface area contributed by atoms with Crippen LogP contribution in [-0.2, 0) is 9.84 Å².